The molecule has 0 aliphatic rings. The predicted octanol–water partition coefficient (Wildman–Crippen LogP) is 5.73. The average molecular weight is 402 g/mol. The first kappa shape index (κ1) is 18.1. The molecule has 0 atom stereocenters. The van der Waals surface area contributed by atoms with Crippen LogP contribution in [0.3, 0.4) is 0 Å². The van der Waals surface area contributed by atoms with Crippen molar-refractivity contribution in [3.05, 3.63) is 71.9 Å². The fourth-order valence-electron chi connectivity index (χ4n) is 2.71. The molecule has 0 unspecified atom stereocenters. The van der Waals surface area contributed by atoms with Crippen LogP contribution >= 0.6 is 11.3 Å². The lowest BCUT2D eigenvalue weighted by Gasteiger charge is -2.14. The highest BCUT2D eigenvalue weighted by Gasteiger charge is 2.33. The number of nitrogens with one attached hydrogen (secondary N) is 2. The Labute approximate surface area is 161 Å². The normalized spacial score (nSPS) is 11.5. The van der Waals surface area contributed by atoms with Crippen molar-refractivity contribution in [2.45, 2.75) is 6.18 Å². The quantitative estimate of drug-likeness (QED) is 0.460. The van der Waals surface area contributed by atoms with Gasteiger partial charge in [-0.05, 0) is 24.3 Å². The number of hydrogen-bond donors (Lipinski definition) is 2. The summed E-state index contributed by atoms with van der Waals surface area (Å²) in [6, 6.07) is 11.0. The molecule has 2 aromatic carbocycles. The molecule has 4 rings (SSSR count). The molecular formula is C19H13F3N4OS. The Bertz CT molecular complexity index is 1100. The first-order chi connectivity index (χ1) is 13.4. The van der Waals surface area contributed by atoms with E-state index in [0.717, 1.165) is 22.3 Å². The van der Waals surface area contributed by atoms with E-state index in [2.05, 4.69) is 15.6 Å². The number of thiazole rings is 1. The number of benzene rings is 2. The van der Waals surface area contributed by atoms with E-state index in [4.69, 9.17) is 0 Å². The topological polar surface area (TPSA) is 58.4 Å². The van der Waals surface area contributed by atoms with Crippen molar-refractivity contribution in [1.82, 2.24) is 9.38 Å². The van der Waals surface area contributed by atoms with E-state index in [9.17, 15) is 18.0 Å². The summed E-state index contributed by atoms with van der Waals surface area (Å²) < 4.78 is 40.9. The van der Waals surface area contributed by atoms with Crippen LogP contribution < -0.4 is 10.6 Å². The molecule has 142 valence electrons. The Kier molecular flexibility index (Phi) is 4.52. The zero-order valence-corrected chi connectivity index (χ0v) is 15.0. The summed E-state index contributed by atoms with van der Waals surface area (Å²) in [6.45, 7) is 0. The SMILES string of the molecule is O=C(Nc1ccc(-c2cn3ccsc3n2)cc1)Nc1ccccc1C(F)(F)F. The minimum atomic E-state index is -4.55. The number of rotatable bonds is 3. The van der Waals surface area contributed by atoms with Crippen molar-refractivity contribution >= 4 is 33.7 Å². The van der Waals surface area contributed by atoms with Gasteiger partial charge in [0.2, 0.25) is 0 Å². The van der Waals surface area contributed by atoms with E-state index in [0.29, 0.717) is 5.69 Å². The second-order valence-corrected chi connectivity index (χ2v) is 6.79. The highest BCUT2D eigenvalue weighted by atomic mass is 32.1. The van der Waals surface area contributed by atoms with E-state index in [1.54, 1.807) is 24.3 Å². The number of nitrogens with zero attached hydrogens (tertiary/aromatic N) is 2. The number of urea groups is 1. The van der Waals surface area contributed by atoms with Gasteiger partial charge in [0.05, 0.1) is 16.9 Å². The van der Waals surface area contributed by atoms with Gasteiger partial charge in [-0.3, -0.25) is 4.40 Å². The van der Waals surface area contributed by atoms with Crippen LogP contribution in [0, 0.1) is 0 Å². The Morgan fingerprint density at radius 3 is 2.50 bits per heavy atom. The van der Waals surface area contributed by atoms with Gasteiger partial charge < -0.3 is 10.6 Å². The van der Waals surface area contributed by atoms with Gasteiger partial charge in [0.1, 0.15) is 0 Å². The largest absolute Gasteiger partial charge is 0.418 e. The third-order valence-electron chi connectivity index (χ3n) is 4.01. The molecule has 0 saturated carbocycles. The molecule has 2 heterocycles. The highest BCUT2D eigenvalue weighted by Crippen LogP contribution is 2.34. The minimum absolute atomic E-state index is 0.304. The third kappa shape index (κ3) is 3.70. The van der Waals surface area contributed by atoms with Gasteiger partial charge in [-0.15, -0.1) is 11.3 Å². The van der Waals surface area contributed by atoms with E-state index in [-0.39, 0.29) is 5.69 Å². The van der Waals surface area contributed by atoms with Crippen LogP contribution in [0.25, 0.3) is 16.2 Å². The van der Waals surface area contributed by atoms with Crippen molar-refractivity contribution in [1.29, 1.82) is 0 Å². The second kappa shape index (κ2) is 7.01. The van der Waals surface area contributed by atoms with Crippen LogP contribution in [0.5, 0.6) is 0 Å². The van der Waals surface area contributed by atoms with E-state index in [1.807, 2.05) is 22.2 Å². The molecule has 0 bridgehead atoms. The molecule has 4 aromatic rings. The number of anilines is 2. The Morgan fingerprint density at radius 2 is 1.79 bits per heavy atom. The highest BCUT2D eigenvalue weighted by molar-refractivity contribution is 7.15. The summed E-state index contributed by atoms with van der Waals surface area (Å²) >= 11 is 1.52. The number of alkyl halides is 3. The number of amides is 2. The van der Waals surface area contributed by atoms with Crippen molar-refractivity contribution in [2.75, 3.05) is 10.6 Å². The first-order valence-electron chi connectivity index (χ1n) is 8.17. The van der Waals surface area contributed by atoms with Crippen molar-refractivity contribution in [3.8, 4) is 11.3 Å². The van der Waals surface area contributed by atoms with Crippen molar-refractivity contribution in [2.24, 2.45) is 0 Å². The smallest absolute Gasteiger partial charge is 0.308 e. The molecule has 28 heavy (non-hydrogen) atoms. The third-order valence-corrected chi connectivity index (χ3v) is 4.78. The molecule has 0 fully saturated rings. The molecule has 0 radical (unpaired) electrons. The molecule has 0 aliphatic carbocycles. The average Bonchev–Trinajstić information content (AvgIpc) is 3.24. The zero-order valence-electron chi connectivity index (χ0n) is 14.2. The zero-order chi connectivity index (χ0) is 19.7. The summed E-state index contributed by atoms with van der Waals surface area (Å²) in [6.07, 6.45) is -0.742. The number of carbonyl (C=O) groups is 1. The van der Waals surface area contributed by atoms with Crippen LogP contribution in [-0.2, 0) is 6.18 Å². The fraction of sp³-hybridized carbons (Fsp3) is 0.0526. The molecule has 2 aromatic heterocycles. The Morgan fingerprint density at radius 1 is 1.04 bits per heavy atom. The Hall–Kier alpha value is -3.33. The van der Waals surface area contributed by atoms with E-state index >= 15 is 0 Å². The van der Waals surface area contributed by atoms with Crippen LogP contribution in [-0.4, -0.2) is 15.4 Å². The van der Waals surface area contributed by atoms with Crippen LogP contribution in [0.4, 0.5) is 29.3 Å². The van der Waals surface area contributed by atoms with Crippen LogP contribution in [0.2, 0.25) is 0 Å². The molecule has 0 spiro atoms. The maximum absolute atomic E-state index is 13.0. The maximum Gasteiger partial charge on any atom is 0.418 e. The number of halogens is 3. The number of imidazole rings is 1. The number of carbonyl (C=O) groups excluding carboxylic acids is 1. The summed E-state index contributed by atoms with van der Waals surface area (Å²) in [5.41, 5.74) is 0.903. The molecule has 2 N–H and O–H groups in total. The number of fused-ring (bicyclic) bond motifs is 1. The van der Waals surface area contributed by atoms with Gasteiger partial charge in [-0.25, -0.2) is 9.78 Å². The lowest BCUT2D eigenvalue weighted by molar-refractivity contribution is -0.136. The number of para-hydroxylation sites is 1. The summed E-state index contributed by atoms with van der Waals surface area (Å²) in [7, 11) is 0. The second-order valence-electron chi connectivity index (χ2n) is 5.92. The lowest BCUT2D eigenvalue weighted by atomic mass is 10.1. The fourth-order valence-corrected chi connectivity index (χ4v) is 3.41. The molecule has 0 aliphatic heterocycles. The summed E-state index contributed by atoms with van der Waals surface area (Å²) in [5, 5.41) is 6.71. The Balaban J connectivity index is 1.46. The number of hydrogen-bond acceptors (Lipinski definition) is 3. The van der Waals surface area contributed by atoms with Crippen molar-refractivity contribution < 1.29 is 18.0 Å². The molecule has 5 nitrogen and oxygen atoms in total. The van der Waals surface area contributed by atoms with Gasteiger partial charge in [0.15, 0.2) is 4.96 Å². The molecule has 2 amide bonds. The van der Waals surface area contributed by atoms with Crippen LogP contribution in [0.1, 0.15) is 5.56 Å². The van der Waals surface area contributed by atoms with Crippen molar-refractivity contribution in [3.63, 3.8) is 0 Å². The van der Waals surface area contributed by atoms with E-state index < -0.39 is 17.8 Å². The lowest BCUT2D eigenvalue weighted by Crippen LogP contribution is -2.21. The van der Waals surface area contributed by atoms with Gasteiger partial charge in [0.25, 0.3) is 0 Å². The molecular weight excluding hydrogens is 389 g/mol. The van der Waals surface area contributed by atoms with Gasteiger partial charge in [0, 0.05) is 29.0 Å². The summed E-state index contributed by atoms with van der Waals surface area (Å²) in [5.74, 6) is 0. The standard InChI is InChI=1S/C19H13F3N4OS/c20-19(21,22)14-3-1-2-4-15(14)24-17(27)23-13-7-5-12(6-8-13)16-11-26-9-10-28-18(26)25-16/h1-11H,(H2,23,24,27). The van der Waals surface area contributed by atoms with Gasteiger partial charge >= 0.3 is 12.2 Å². The minimum Gasteiger partial charge on any atom is -0.308 e. The predicted molar refractivity (Wildman–Crippen MR) is 103 cm³/mol. The monoisotopic (exact) mass is 402 g/mol. The maximum atomic E-state index is 13.0. The summed E-state index contributed by atoms with van der Waals surface area (Å²) in [4.78, 5) is 17.5. The number of aromatic nitrogens is 2. The van der Waals surface area contributed by atoms with E-state index in [1.165, 1.54) is 29.5 Å². The van der Waals surface area contributed by atoms with Gasteiger partial charge in [-0.2, -0.15) is 13.2 Å². The molecule has 0 saturated heterocycles. The van der Waals surface area contributed by atoms with Gasteiger partial charge in [-0.1, -0.05) is 24.3 Å². The van der Waals surface area contributed by atoms with Crippen LogP contribution in [0.15, 0.2) is 66.3 Å². The molecule has 9 heteroatoms. The first-order valence-corrected chi connectivity index (χ1v) is 9.05.